The van der Waals surface area contributed by atoms with E-state index in [2.05, 4.69) is 43.5 Å². The van der Waals surface area contributed by atoms with Gasteiger partial charge in [0.25, 0.3) is 0 Å². The van der Waals surface area contributed by atoms with Crippen molar-refractivity contribution in [3.8, 4) is 0 Å². The topological polar surface area (TPSA) is 67.2 Å². The standard InChI is InChI=1S/C16H27N3O.2ClH/c1-4-16(5-2,12-18-15(20)11-17)19-13(3)14-9-7-6-8-10-14;;/h6-10,13,19H,4-5,11-12,17H2,1-3H3,(H,18,20);2*1H. The average Bonchev–Trinajstić information content (AvgIpc) is 2.51. The molecule has 0 radical (unpaired) electrons. The zero-order valence-corrected chi connectivity index (χ0v) is 15.2. The van der Waals surface area contributed by atoms with E-state index in [9.17, 15) is 4.79 Å². The predicted octanol–water partition coefficient (Wildman–Crippen LogP) is 2.81. The lowest BCUT2D eigenvalue weighted by atomic mass is 9.90. The number of halogens is 2. The number of carbonyl (C=O) groups excluding carboxylic acids is 1. The fourth-order valence-electron chi connectivity index (χ4n) is 2.38. The third-order valence-electron chi connectivity index (χ3n) is 3.99. The molecule has 1 rings (SSSR count). The first kappa shape index (κ1) is 23.5. The summed E-state index contributed by atoms with van der Waals surface area (Å²) in [4.78, 5) is 11.4. The Hall–Kier alpha value is -0.810. The molecular weight excluding hydrogens is 321 g/mol. The third-order valence-corrected chi connectivity index (χ3v) is 3.99. The van der Waals surface area contributed by atoms with Gasteiger partial charge in [-0.2, -0.15) is 0 Å². The SMILES string of the molecule is CCC(CC)(CNC(=O)CN)NC(C)c1ccccc1.Cl.Cl. The Morgan fingerprint density at radius 1 is 1.18 bits per heavy atom. The molecule has 6 heteroatoms. The van der Waals surface area contributed by atoms with Gasteiger partial charge in [0.15, 0.2) is 0 Å². The molecule has 0 saturated carbocycles. The Kier molecular flexibility index (Phi) is 12.5. The van der Waals surface area contributed by atoms with Crippen molar-refractivity contribution in [1.82, 2.24) is 10.6 Å². The number of nitrogens with one attached hydrogen (secondary N) is 2. The van der Waals surface area contributed by atoms with Crippen molar-refractivity contribution in [1.29, 1.82) is 0 Å². The van der Waals surface area contributed by atoms with Gasteiger partial charge in [-0.25, -0.2) is 0 Å². The molecule has 0 aliphatic carbocycles. The van der Waals surface area contributed by atoms with Gasteiger partial charge in [-0.3, -0.25) is 4.79 Å². The lowest BCUT2D eigenvalue weighted by Crippen LogP contribution is -2.54. The summed E-state index contributed by atoms with van der Waals surface area (Å²) in [6.07, 6.45) is 1.90. The first-order chi connectivity index (χ1) is 9.56. The van der Waals surface area contributed by atoms with Crippen molar-refractivity contribution in [3.05, 3.63) is 35.9 Å². The fraction of sp³-hybridized carbons (Fsp3) is 0.562. The molecule has 0 saturated heterocycles. The normalized spacial score (nSPS) is 11.8. The summed E-state index contributed by atoms with van der Waals surface area (Å²) < 4.78 is 0. The molecule has 4 N–H and O–H groups in total. The summed E-state index contributed by atoms with van der Waals surface area (Å²) >= 11 is 0. The van der Waals surface area contributed by atoms with E-state index in [0.29, 0.717) is 6.54 Å². The van der Waals surface area contributed by atoms with Crippen LogP contribution in [0.4, 0.5) is 0 Å². The van der Waals surface area contributed by atoms with Crippen molar-refractivity contribution in [3.63, 3.8) is 0 Å². The molecule has 0 spiro atoms. The second-order valence-corrected chi connectivity index (χ2v) is 5.24. The summed E-state index contributed by atoms with van der Waals surface area (Å²) in [7, 11) is 0. The number of hydrogen-bond acceptors (Lipinski definition) is 3. The van der Waals surface area contributed by atoms with Gasteiger partial charge >= 0.3 is 0 Å². The molecule has 0 fully saturated rings. The maximum absolute atomic E-state index is 11.4. The molecule has 1 amide bonds. The minimum atomic E-state index is -0.106. The van der Waals surface area contributed by atoms with Gasteiger partial charge in [0.05, 0.1) is 6.54 Å². The summed E-state index contributed by atoms with van der Waals surface area (Å²) in [6, 6.07) is 10.6. The van der Waals surface area contributed by atoms with Crippen molar-refractivity contribution in [2.75, 3.05) is 13.1 Å². The highest BCUT2D eigenvalue weighted by atomic mass is 35.5. The number of carbonyl (C=O) groups is 1. The maximum atomic E-state index is 11.4. The van der Waals surface area contributed by atoms with E-state index in [1.54, 1.807) is 0 Å². The van der Waals surface area contributed by atoms with Gasteiger partial charge < -0.3 is 16.4 Å². The molecule has 22 heavy (non-hydrogen) atoms. The molecule has 0 bridgehead atoms. The third kappa shape index (κ3) is 6.97. The smallest absolute Gasteiger partial charge is 0.233 e. The Morgan fingerprint density at radius 2 is 1.73 bits per heavy atom. The Labute approximate surface area is 146 Å². The van der Waals surface area contributed by atoms with Crippen LogP contribution in [0.15, 0.2) is 30.3 Å². The molecule has 1 aromatic rings. The molecule has 1 aromatic carbocycles. The zero-order chi connectivity index (χ0) is 15.0. The Bertz CT molecular complexity index is 411. The molecule has 1 unspecified atom stereocenters. The van der Waals surface area contributed by atoms with Crippen LogP contribution in [0, 0.1) is 0 Å². The van der Waals surface area contributed by atoms with Gasteiger partial charge in [-0.05, 0) is 25.3 Å². The van der Waals surface area contributed by atoms with Gasteiger partial charge in [0, 0.05) is 18.1 Å². The van der Waals surface area contributed by atoms with Crippen LogP contribution in [0.5, 0.6) is 0 Å². The van der Waals surface area contributed by atoms with Crippen LogP contribution in [-0.4, -0.2) is 24.5 Å². The largest absolute Gasteiger partial charge is 0.353 e. The van der Waals surface area contributed by atoms with Crippen molar-refractivity contribution >= 4 is 30.7 Å². The zero-order valence-electron chi connectivity index (χ0n) is 13.6. The van der Waals surface area contributed by atoms with Crippen LogP contribution in [0.1, 0.15) is 45.2 Å². The highest BCUT2D eigenvalue weighted by molar-refractivity contribution is 5.85. The molecular formula is C16H29Cl2N3O. The minimum Gasteiger partial charge on any atom is -0.353 e. The van der Waals surface area contributed by atoms with Crippen molar-refractivity contribution in [2.24, 2.45) is 5.73 Å². The minimum absolute atomic E-state index is 0. The van der Waals surface area contributed by atoms with Crippen LogP contribution in [-0.2, 0) is 4.79 Å². The van der Waals surface area contributed by atoms with E-state index in [1.807, 2.05) is 18.2 Å². The second-order valence-electron chi connectivity index (χ2n) is 5.24. The van der Waals surface area contributed by atoms with Crippen LogP contribution >= 0.6 is 24.8 Å². The van der Waals surface area contributed by atoms with E-state index < -0.39 is 0 Å². The number of amides is 1. The second kappa shape index (κ2) is 11.7. The molecule has 128 valence electrons. The molecule has 0 aliphatic heterocycles. The lowest BCUT2D eigenvalue weighted by Gasteiger charge is -2.36. The molecule has 1 atom stereocenters. The molecule has 0 heterocycles. The molecule has 0 aliphatic rings. The summed E-state index contributed by atoms with van der Waals surface area (Å²) in [5.41, 5.74) is 6.50. The monoisotopic (exact) mass is 349 g/mol. The predicted molar refractivity (Wildman–Crippen MR) is 97.9 cm³/mol. The van der Waals surface area contributed by atoms with E-state index in [0.717, 1.165) is 12.8 Å². The van der Waals surface area contributed by atoms with Gasteiger partial charge in [0.1, 0.15) is 0 Å². The first-order valence-electron chi connectivity index (χ1n) is 7.36. The van der Waals surface area contributed by atoms with E-state index >= 15 is 0 Å². The van der Waals surface area contributed by atoms with Gasteiger partial charge in [0.2, 0.25) is 5.91 Å². The van der Waals surface area contributed by atoms with Crippen LogP contribution in [0.3, 0.4) is 0 Å². The van der Waals surface area contributed by atoms with Gasteiger partial charge in [-0.1, -0.05) is 44.2 Å². The number of rotatable bonds is 8. The number of nitrogens with two attached hydrogens (primary N) is 1. The number of benzene rings is 1. The van der Waals surface area contributed by atoms with E-state index in [1.165, 1.54) is 5.56 Å². The maximum Gasteiger partial charge on any atom is 0.233 e. The van der Waals surface area contributed by atoms with Gasteiger partial charge in [-0.15, -0.1) is 24.8 Å². The first-order valence-corrected chi connectivity index (χ1v) is 7.36. The fourth-order valence-corrected chi connectivity index (χ4v) is 2.38. The summed E-state index contributed by atoms with van der Waals surface area (Å²) in [6.45, 7) is 7.08. The lowest BCUT2D eigenvalue weighted by molar-refractivity contribution is -0.120. The highest BCUT2D eigenvalue weighted by Gasteiger charge is 2.28. The average molecular weight is 350 g/mol. The van der Waals surface area contributed by atoms with Crippen LogP contribution in [0.25, 0.3) is 0 Å². The van der Waals surface area contributed by atoms with Crippen LogP contribution < -0.4 is 16.4 Å². The summed E-state index contributed by atoms with van der Waals surface area (Å²) in [5, 5.41) is 6.58. The molecule has 4 nitrogen and oxygen atoms in total. The Balaban J connectivity index is 0. The number of hydrogen-bond donors (Lipinski definition) is 3. The molecule has 0 aromatic heterocycles. The quantitative estimate of drug-likeness (QED) is 0.675. The van der Waals surface area contributed by atoms with Crippen molar-refractivity contribution < 1.29 is 4.79 Å². The van der Waals surface area contributed by atoms with Crippen LogP contribution in [0.2, 0.25) is 0 Å². The highest BCUT2D eigenvalue weighted by Crippen LogP contribution is 2.21. The Morgan fingerprint density at radius 3 is 2.18 bits per heavy atom. The van der Waals surface area contributed by atoms with Crippen molar-refractivity contribution in [2.45, 2.75) is 45.2 Å². The summed E-state index contributed by atoms with van der Waals surface area (Å²) in [5.74, 6) is -0.106. The van der Waals surface area contributed by atoms with E-state index in [4.69, 9.17) is 5.73 Å². The van der Waals surface area contributed by atoms with E-state index in [-0.39, 0.29) is 48.8 Å².